The molecule has 0 unspecified atom stereocenters. The average Bonchev–Trinajstić information content (AvgIpc) is 2.26. The van der Waals surface area contributed by atoms with E-state index in [0.717, 1.165) is 0 Å². The zero-order chi connectivity index (χ0) is 14.2. The molecule has 2 rings (SSSR count). The fourth-order valence-electron chi connectivity index (χ4n) is 1.58. The molecule has 0 aliphatic rings. The van der Waals surface area contributed by atoms with Gasteiger partial charge in [-0.2, -0.15) is 0 Å². The highest BCUT2D eigenvalue weighted by Gasteiger charge is 2.17. The molecule has 7 heteroatoms. The molecule has 0 amide bonds. The second kappa shape index (κ2) is 5.80. The van der Waals surface area contributed by atoms with E-state index in [9.17, 15) is 0 Å². The first-order valence-corrected chi connectivity index (χ1v) is 6.95. The Morgan fingerprint density at radius 3 is 2.05 bits per heavy atom. The number of rotatable bonds is 2. The summed E-state index contributed by atoms with van der Waals surface area (Å²) in [6.45, 7) is 3.92. The van der Waals surface area contributed by atoms with E-state index >= 15 is 0 Å². The van der Waals surface area contributed by atoms with Crippen LogP contribution in [0.25, 0.3) is 11.5 Å². The Kier molecular flexibility index (Phi) is 4.51. The van der Waals surface area contributed by atoms with Crippen molar-refractivity contribution in [3.63, 3.8) is 0 Å². The number of aromatic nitrogens is 3. The summed E-state index contributed by atoms with van der Waals surface area (Å²) < 4.78 is 0. The highest BCUT2D eigenvalue weighted by Crippen LogP contribution is 2.32. The zero-order valence-electron chi connectivity index (χ0n) is 10.1. The van der Waals surface area contributed by atoms with Crippen LogP contribution in [0, 0.1) is 0 Å². The van der Waals surface area contributed by atoms with Crippen molar-refractivity contribution in [3.05, 3.63) is 38.2 Å². The first-order chi connectivity index (χ1) is 8.90. The van der Waals surface area contributed by atoms with E-state index in [2.05, 4.69) is 15.0 Å². The maximum atomic E-state index is 6.13. The molecule has 19 heavy (non-hydrogen) atoms. The molecule has 0 saturated heterocycles. The Hall–Kier alpha value is -0.610. The van der Waals surface area contributed by atoms with Gasteiger partial charge in [0.25, 0.3) is 0 Å². The molecule has 0 spiro atoms. The Labute approximate surface area is 130 Å². The van der Waals surface area contributed by atoms with Gasteiger partial charge in [-0.3, -0.25) is 0 Å². The van der Waals surface area contributed by atoms with Crippen molar-refractivity contribution in [1.82, 2.24) is 15.0 Å². The summed E-state index contributed by atoms with van der Waals surface area (Å²) in [7, 11) is 0. The van der Waals surface area contributed by atoms with E-state index in [1.54, 1.807) is 6.07 Å². The normalized spacial score (nSPS) is 11.1. The van der Waals surface area contributed by atoms with Crippen molar-refractivity contribution in [2.45, 2.75) is 19.8 Å². The fourth-order valence-corrected chi connectivity index (χ4v) is 2.87. The lowest BCUT2D eigenvalue weighted by atomic mass is 10.1. The van der Waals surface area contributed by atoms with Gasteiger partial charge in [0, 0.05) is 11.8 Å². The van der Waals surface area contributed by atoms with E-state index in [0.29, 0.717) is 31.6 Å². The molecule has 0 aliphatic heterocycles. The van der Waals surface area contributed by atoms with E-state index in [4.69, 9.17) is 46.4 Å². The molecule has 2 aromatic rings. The maximum Gasteiger partial charge on any atom is 0.182 e. The Bertz CT molecular complexity index is 605. The van der Waals surface area contributed by atoms with Crippen LogP contribution in [0.4, 0.5) is 0 Å². The monoisotopic (exact) mass is 335 g/mol. The first kappa shape index (κ1) is 14.8. The molecule has 0 aromatic carbocycles. The molecule has 100 valence electrons. The summed E-state index contributed by atoms with van der Waals surface area (Å²) in [6, 6.07) is 1.56. The highest BCUT2D eigenvalue weighted by atomic mass is 35.5. The third-order valence-electron chi connectivity index (χ3n) is 2.45. The molecule has 0 aliphatic carbocycles. The van der Waals surface area contributed by atoms with Gasteiger partial charge in [0.15, 0.2) is 5.82 Å². The average molecular weight is 337 g/mol. The third-order valence-corrected chi connectivity index (χ3v) is 3.52. The predicted molar refractivity (Wildman–Crippen MR) is 79.4 cm³/mol. The molecule has 0 bridgehead atoms. The summed E-state index contributed by atoms with van der Waals surface area (Å²) in [5.74, 6) is 0.406. The number of halogens is 4. The van der Waals surface area contributed by atoms with Crippen molar-refractivity contribution < 1.29 is 0 Å². The molecular weight excluding hydrogens is 328 g/mol. The van der Waals surface area contributed by atoms with Crippen LogP contribution in [0.2, 0.25) is 20.4 Å². The minimum Gasteiger partial charge on any atom is -0.250 e. The van der Waals surface area contributed by atoms with Gasteiger partial charge in [0.2, 0.25) is 0 Å². The van der Waals surface area contributed by atoms with Crippen molar-refractivity contribution in [1.29, 1.82) is 0 Å². The topological polar surface area (TPSA) is 38.7 Å². The van der Waals surface area contributed by atoms with Gasteiger partial charge < -0.3 is 0 Å². The van der Waals surface area contributed by atoms with Crippen LogP contribution in [0.15, 0.2) is 12.3 Å². The second-order valence-electron chi connectivity index (χ2n) is 4.18. The van der Waals surface area contributed by atoms with Gasteiger partial charge >= 0.3 is 0 Å². The fraction of sp³-hybridized carbons (Fsp3) is 0.250. The van der Waals surface area contributed by atoms with Crippen LogP contribution in [0.3, 0.4) is 0 Å². The van der Waals surface area contributed by atoms with Crippen LogP contribution >= 0.6 is 46.4 Å². The van der Waals surface area contributed by atoms with Crippen molar-refractivity contribution in [2.24, 2.45) is 0 Å². The number of pyridine rings is 1. The summed E-state index contributed by atoms with van der Waals surface area (Å²) in [6.07, 6.45) is 1.46. The van der Waals surface area contributed by atoms with Gasteiger partial charge in [-0.1, -0.05) is 60.3 Å². The molecule has 0 atom stereocenters. The lowest BCUT2D eigenvalue weighted by molar-refractivity contribution is 0.847. The Morgan fingerprint density at radius 1 is 1.00 bits per heavy atom. The molecule has 2 heterocycles. The summed E-state index contributed by atoms with van der Waals surface area (Å²) >= 11 is 24.1. The first-order valence-electron chi connectivity index (χ1n) is 5.44. The van der Waals surface area contributed by atoms with E-state index < -0.39 is 0 Å². The zero-order valence-corrected chi connectivity index (χ0v) is 13.1. The largest absolute Gasteiger partial charge is 0.250 e. The number of nitrogens with zero attached hydrogens (tertiary/aromatic N) is 3. The van der Waals surface area contributed by atoms with Gasteiger partial charge in [-0.15, -0.1) is 0 Å². The van der Waals surface area contributed by atoms with Gasteiger partial charge in [0.1, 0.15) is 16.0 Å². The molecule has 0 N–H and O–H groups in total. The molecule has 0 saturated carbocycles. The third kappa shape index (κ3) is 3.11. The quantitative estimate of drug-likeness (QED) is 0.700. The Balaban J connectivity index is 2.58. The van der Waals surface area contributed by atoms with Gasteiger partial charge in [0.05, 0.1) is 10.0 Å². The highest BCUT2D eigenvalue weighted by molar-refractivity contribution is 6.36. The molecule has 0 radical (unpaired) electrons. The van der Waals surface area contributed by atoms with Gasteiger partial charge in [-0.05, 0) is 12.0 Å². The molecule has 2 aromatic heterocycles. The molecular formula is C12H9Cl4N3. The van der Waals surface area contributed by atoms with E-state index in [1.165, 1.54) is 6.20 Å². The standard InChI is InChI=1S/C12H9Cl4N3/c1-5(2)8-10(15)18-12(19-11(8)16)9-7(14)3-6(13)4-17-9/h3-5H,1-2H3. The van der Waals surface area contributed by atoms with Crippen molar-refractivity contribution in [2.75, 3.05) is 0 Å². The number of hydrogen-bond donors (Lipinski definition) is 0. The maximum absolute atomic E-state index is 6.13. The summed E-state index contributed by atoms with van der Waals surface area (Å²) in [5.41, 5.74) is 1.10. The smallest absolute Gasteiger partial charge is 0.182 e. The summed E-state index contributed by atoms with van der Waals surface area (Å²) in [5, 5.41) is 1.39. The van der Waals surface area contributed by atoms with E-state index in [-0.39, 0.29) is 11.7 Å². The van der Waals surface area contributed by atoms with Crippen molar-refractivity contribution in [3.8, 4) is 11.5 Å². The Morgan fingerprint density at radius 2 is 1.58 bits per heavy atom. The van der Waals surface area contributed by atoms with Gasteiger partial charge in [-0.25, -0.2) is 15.0 Å². The second-order valence-corrected chi connectivity index (χ2v) is 5.74. The minimum absolute atomic E-state index is 0.127. The van der Waals surface area contributed by atoms with Crippen LogP contribution in [-0.2, 0) is 0 Å². The molecule has 3 nitrogen and oxygen atoms in total. The van der Waals surface area contributed by atoms with Crippen LogP contribution in [0.5, 0.6) is 0 Å². The number of hydrogen-bond acceptors (Lipinski definition) is 3. The minimum atomic E-state index is 0.127. The van der Waals surface area contributed by atoms with Crippen LogP contribution in [-0.4, -0.2) is 15.0 Å². The van der Waals surface area contributed by atoms with Crippen LogP contribution in [0.1, 0.15) is 25.3 Å². The summed E-state index contributed by atoms with van der Waals surface area (Å²) in [4.78, 5) is 12.5. The SMILES string of the molecule is CC(C)c1c(Cl)nc(-c2ncc(Cl)cc2Cl)nc1Cl. The van der Waals surface area contributed by atoms with Crippen LogP contribution < -0.4 is 0 Å². The lowest BCUT2D eigenvalue weighted by Gasteiger charge is -2.11. The lowest BCUT2D eigenvalue weighted by Crippen LogP contribution is -2.00. The predicted octanol–water partition coefficient (Wildman–Crippen LogP) is 5.28. The van der Waals surface area contributed by atoms with Crippen molar-refractivity contribution >= 4 is 46.4 Å². The van der Waals surface area contributed by atoms with E-state index in [1.807, 2.05) is 13.8 Å². The molecule has 0 fully saturated rings.